The van der Waals surface area contributed by atoms with Gasteiger partial charge >= 0.3 is 11.9 Å². The van der Waals surface area contributed by atoms with E-state index in [1.165, 1.54) is 11.3 Å². The van der Waals surface area contributed by atoms with Crippen molar-refractivity contribution in [2.75, 3.05) is 5.32 Å². The largest absolute Gasteiger partial charge is 0.481 e. The topological polar surface area (TPSA) is 92.7 Å². The molecule has 0 aliphatic heterocycles. The van der Waals surface area contributed by atoms with E-state index in [4.69, 9.17) is 4.74 Å². The third-order valence-corrected chi connectivity index (χ3v) is 7.51. The third-order valence-electron chi connectivity index (χ3n) is 6.34. The highest BCUT2D eigenvalue weighted by Gasteiger charge is 2.51. The van der Waals surface area contributed by atoms with E-state index in [2.05, 4.69) is 12.2 Å². The zero-order valence-electron chi connectivity index (χ0n) is 16.9. The van der Waals surface area contributed by atoms with Gasteiger partial charge in [0.1, 0.15) is 5.00 Å². The molecule has 1 heterocycles. The van der Waals surface area contributed by atoms with Crippen molar-refractivity contribution in [2.24, 2.45) is 29.6 Å². The van der Waals surface area contributed by atoms with Crippen LogP contribution in [0.5, 0.6) is 0 Å². The smallest absolute Gasteiger partial charge is 0.341 e. The maximum absolute atomic E-state index is 13.1. The zero-order chi connectivity index (χ0) is 20.9. The van der Waals surface area contributed by atoms with Crippen LogP contribution in [0.1, 0.15) is 54.4 Å². The lowest BCUT2D eigenvalue weighted by atomic mass is 9.82. The SMILES string of the molecule is CC(C)OC(=O)c1c(NC(=O)[C@H]2[C@@H](C(=O)O)[C@H]3C=C[C@@H]2C3)sc2c1CC[C@@H](C)C2. The summed E-state index contributed by atoms with van der Waals surface area (Å²) in [6.07, 6.45) is 7.00. The van der Waals surface area contributed by atoms with Gasteiger partial charge in [0.25, 0.3) is 0 Å². The Bertz CT molecular complexity index is 886. The van der Waals surface area contributed by atoms with E-state index in [1.807, 2.05) is 12.2 Å². The second kappa shape index (κ2) is 7.59. The maximum Gasteiger partial charge on any atom is 0.341 e. The summed E-state index contributed by atoms with van der Waals surface area (Å²) in [6.45, 7) is 5.79. The number of carboxylic acid groups (broad SMARTS) is 1. The molecule has 0 radical (unpaired) electrons. The van der Waals surface area contributed by atoms with Gasteiger partial charge in [-0.25, -0.2) is 4.79 Å². The number of allylic oxidation sites excluding steroid dienone is 2. The molecule has 0 aromatic carbocycles. The fraction of sp³-hybridized carbons (Fsp3) is 0.591. The molecule has 1 fully saturated rings. The Morgan fingerprint density at radius 1 is 1.21 bits per heavy atom. The molecule has 3 aliphatic rings. The minimum Gasteiger partial charge on any atom is -0.481 e. The summed E-state index contributed by atoms with van der Waals surface area (Å²) >= 11 is 1.44. The number of nitrogens with one attached hydrogen (secondary N) is 1. The Labute approximate surface area is 174 Å². The van der Waals surface area contributed by atoms with Gasteiger partial charge in [-0.3, -0.25) is 9.59 Å². The molecule has 1 aromatic heterocycles. The van der Waals surface area contributed by atoms with Crippen LogP contribution in [-0.2, 0) is 27.2 Å². The van der Waals surface area contributed by atoms with Gasteiger partial charge in [0.2, 0.25) is 5.91 Å². The first-order valence-corrected chi connectivity index (χ1v) is 11.2. The summed E-state index contributed by atoms with van der Waals surface area (Å²) in [6, 6.07) is 0. The maximum atomic E-state index is 13.1. The Hall–Kier alpha value is -2.15. The average Bonchev–Trinajstić information content (AvgIpc) is 3.32. The first-order chi connectivity index (χ1) is 13.8. The molecule has 1 aromatic rings. The van der Waals surface area contributed by atoms with E-state index in [9.17, 15) is 19.5 Å². The number of ether oxygens (including phenoxy) is 1. The lowest BCUT2D eigenvalue weighted by Gasteiger charge is -2.23. The number of hydrogen-bond acceptors (Lipinski definition) is 5. The standard InChI is InChI=1S/C22H27NO5S/c1-10(2)28-22(27)18-14-7-4-11(3)8-15(14)29-20(18)23-19(24)16-12-5-6-13(9-12)17(16)21(25)26/h5-6,10-13,16-17H,4,7-9H2,1-3H3,(H,23,24)(H,25,26)/t11-,12-,13+,16-,17+/m1/s1. The second-order valence-corrected chi connectivity index (χ2v) is 9.94. The molecule has 7 heteroatoms. The van der Waals surface area contributed by atoms with Gasteiger partial charge in [-0.2, -0.15) is 0 Å². The van der Waals surface area contributed by atoms with E-state index >= 15 is 0 Å². The molecule has 2 bridgehead atoms. The number of carbonyl (C=O) groups is 3. The summed E-state index contributed by atoms with van der Waals surface area (Å²) < 4.78 is 5.46. The highest BCUT2D eigenvalue weighted by atomic mass is 32.1. The van der Waals surface area contributed by atoms with Crippen molar-refractivity contribution in [3.8, 4) is 0 Å². The van der Waals surface area contributed by atoms with Gasteiger partial charge in [0, 0.05) is 4.88 Å². The number of amides is 1. The van der Waals surface area contributed by atoms with Crippen LogP contribution in [0.3, 0.4) is 0 Å². The molecular weight excluding hydrogens is 390 g/mol. The van der Waals surface area contributed by atoms with Crippen LogP contribution in [0, 0.1) is 29.6 Å². The first-order valence-electron chi connectivity index (χ1n) is 10.3. The lowest BCUT2D eigenvalue weighted by molar-refractivity contribution is -0.146. The normalized spacial score (nSPS) is 29.7. The van der Waals surface area contributed by atoms with Crippen LogP contribution in [0.15, 0.2) is 12.2 Å². The molecule has 1 saturated carbocycles. The average molecular weight is 418 g/mol. The number of rotatable bonds is 5. The predicted octanol–water partition coefficient (Wildman–Crippen LogP) is 3.90. The number of anilines is 1. The molecule has 2 N–H and O–H groups in total. The van der Waals surface area contributed by atoms with Crippen LogP contribution in [-0.4, -0.2) is 29.1 Å². The van der Waals surface area contributed by atoms with Crippen LogP contribution < -0.4 is 5.32 Å². The highest BCUT2D eigenvalue weighted by molar-refractivity contribution is 7.17. The van der Waals surface area contributed by atoms with Gasteiger partial charge in [-0.15, -0.1) is 11.3 Å². The summed E-state index contributed by atoms with van der Waals surface area (Å²) in [5.41, 5.74) is 1.45. The Morgan fingerprint density at radius 2 is 1.90 bits per heavy atom. The molecule has 156 valence electrons. The third kappa shape index (κ3) is 3.61. The van der Waals surface area contributed by atoms with Crippen molar-refractivity contribution in [1.82, 2.24) is 0 Å². The van der Waals surface area contributed by atoms with E-state index in [0.29, 0.717) is 22.9 Å². The van der Waals surface area contributed by atoms with E-state index in [1.54, 1.807) is 13.8 Å². The summed E-state index contributed by atoms with van der Waals surface area (Å²) in [7, 11) is 0. The number of esters is 1. The predicted molar refractivity (Wildman–Crippen MR) is 110 cm³/mol. The van der Waals surface area contributed by atoms with Crippen LogP contribution in [0.2, 0.25) is 0 Å². The van der Waals surface area contributed by atoms with Crippen molar-refractivity contribution in [1.29, 1.82) is 0 Å². The molecular formula is C22H27NO5S. The number of thiophene rings is 1. The highest BCUT2D eigenvalue weighted by Crippen LogP contribution is 2.49. The van der Waals surface area contributed by atoms with Gasteiger partial charge in [-0.1, -0.05) is 19.1 Å². The fourth-order valence-electron chi connectivity index (χ4n) is 5.04. The van der Waals surface area contributed by atoms with Crippen molar-refractivity contribution in [3.05, 3.63) is 28.2 Å². The molecule has 0 saturated heterocycles. The molecule has 0 unspecified atom stereocenters. The minimum absolute atomic E-state index is 0.0539. The van der Waals surface area contributed by atoms with Crippen molar-refractivity contribution in [2.45, 2.75) is 52.6 Å². The number of carboxylic acids is 1. The van der Waals surface area contributed by atoms with Crippen LogP contribution >= 0.6 is 11.3 Å². The number of aliphatic carboxylic acids is 1. The van der Waals surface area contributed by atoms with E-state index in [0.717, 1.165) is 29.7 Å². The van der Waals surface area contributed by atoms with Gasteiger partial charge < -0.3 is 15.2 Å². The van der Waals surface area contributed by atoms with E-state index < -0.39 is 23.8 Å². The molecule has 5 atom stereocenters. The van der Waals surface area contributed by atoms with Crippen LogP contribution in [0.4, 0.5) is 5.00 Å². The van der Waals surface area contributed by atoms with Gasteiger partial charge in [0.05, 0.1) is 23.5 Å². The quantitative estimate of drug-likeness (QED) is 0.560. The molecule has 4 rings (SSSR count). The van der Waals surface area contributed by atoms with Crippen LogP contribution in [0.25, 0.3) is 0 Å². The Balaban J connectivity index is 1.64. The van der Waals surface area contributed by atoms with Gasteiger partial charge in [0.15, 0.2) is 0 Å². The Kier molecular flexibility index (Phi) is 5.27. The summed E-state index contributed by atoms with van der Waals surface area (Å²) in [4.78, 5) is 38.8. The van der Waals surface area contributed by atoms with Crippen molar-refractivity contribution >= 4 is 34.2 Å². The molecule has 0 spiro atoms. The van der Waals surface area contributed by atoms with Crippen molar-refractivity contribution in [3.63, 3.8) is 0 Å². The molecule has 6 nitrogen and oxygen atoms in total. The monoisotopic (exact) mass is 417 g/mol. The number of fused-ring (bicyclic) bond motifs is 3. The zero-order valence-corrected chi connectivity index (χ0v) is 17.8. The Morgan fingerprint density at radius 3 is 2.55 bits per heavy atom. The van der Waals surface area contributed by atoms with E-state index in [-0.39, 0.29) is 23.8 Å². The number of hydrogen-bond donors (Lipinski definition) is 2. The molecule has 1 amide bonds. The first kappa shape index (κ1) is 20.1. The molecule has 3 aliphatic carbocycles. The molecule has 29 heavy (non-hydrogen) atoms. The lowest BCUT2D eigenvalue weighted by Crippen LogP contribution is -2.36. The minimum atomic E-state index is -0.930. The summed E-state index contributed by atoms with van der Waals surface area (Å²) in [5, 5.41) is 13.1. The van der Waals surface area contributed by atoms with Crippen molar-refractivity contribution < 1.29 is 24.2 Å². The second-order valence-electron chi connectivity index (χ2n) is 8.84. The van der Waals surface area contributed by atoms with Gasteiger partial charge in [-0.05, 0) is 62.8 Å². The summed E-state index contributed by atoms with van der Waals surface area (Å²) in [5.74, 6) is -2.56. The fourth-order valence-corrected chi connectivity index (χ4v) is 6.44. The number of carbonyl (C=O) groups excluding carboxylic acids is 2.